The molecule has 0 aromatic heterocycles. The minimum absolute atomic E-state index is 0.125. The third kappa shape index (κ3) is 5.14. The Bertz CT molecular complexity index is 918. The molecule has 2 aromatic carbocycles. The van der Waals surface area contributed by atoms with Crippen molar-refractivity contribution in [3.05, 3.63) is 65.5 Å². The van der Waals surface area contributed by atoms with Crippen molar-refractivity contribution in [1.29, 1.82) is 0 Å². The average Bonchev–Trinajstić information content (AvgIpc) is 2.71. The first-order chi connectivity index (χ1) is 13.8. The number of carbonyl (C=O) groups excluding carboxylic acids is 3. The summed E-state index contributed by atoms with van der Waals surface area (Å²) < 4.78 is 13.8. The van der Waals surface area contributed by atoms with E-state index < -0.39 is 11.3 Å². The summed E-state index contributed by atoms with van der Waals surface area (Å²) in [5.41, 5.74) is 1.54. The van der Waals surface area contributed by atoms with Crippen molar-refractivity contribution in [2.75, 3.05) is 25.2 Å². The second-order valence-corrected chi connectivity index (χ2v) is 8.18. The van der Waals surface area contributed by atoms with Gasteiger partial charge in [-0.3, -0.25) is 14.4 Å². The number of nitrogens with one attached hydrogen (secondary N) is 2. The third-order valence-corrected chi connectivity index (χ3v) is 5.87. The van der Waals surface area contributed by atoms with Crippen LogP contribution in [0.15, 0.2) is 48.5 Å². The second kappa shape index (κ2) is 9.09. The fourth-order valence-corrected chi connectivity index (χ4v) is 4.11. The number of anilines is 1. The molecular weight excluding hydrogens is 393 g/mol. The molecular formula is C21H22FN3O3S. The van der Waals surface area contributed by atoms with Crippen molar-refractivity contribution in [3.63, 3.8) is 0 Å². The maximum Gasteiger partial charge on any atom is 0.253 e. The number of nitrogens with zero attached hydrogens (tertiary/aromatic N) is 1. The van der Waals surface area contributed by atoms with Gasteiger partial charge >= 0.3 is 0 Å². The van der Waals surface area contributed by atoms with Gasteiger partial charge < -0.3 is 15.5 Å². The molecule has 2 N–H and O–H groups in total. The predicted octanol–water partition coefficient (Wildman–Crippen LogP) is 2.31. The molecule has 0 unspecified atom stereocenters. The molecule has 29 heavy (non-hydrogen) atoms. The Morgan fingerprint density at radius 3 is 2.48 bits per heavy atom. The van der Waals surface area contributed by atoms with E-state index in [9.17, 15) is 18.8 Å². The first-order valence-electron chi connectivity index (χ1n) is 9.13. The molecule has 2 atom stereocenters. The SMILES string of the molecule is CN(C)C(=O)c1ccc(NC(=O)[C@H]2CS[C@@H](Cc3ccccc3F)C(=O)N2)cc1. The molecule has 2 aromatic rings. The lowest BCUT2D eigenvalue weighted by atomic mass is 10.1. The van der Waals surface area contributed by atoms with Gasteiger partial charge in [0.15, 0.2) is 0 Å². The van der Waals surface area contributed by atoms with Crippen LogP contribution in [0, 0.1) is 5.82 Å². The molecule has 3 amide bonds. The van der Waals surface area contributed by atoms with Gasteiger partial charge in [-0.2, -0.15) is 0 Å². The lowest BCUT2D eigenvalue weighted by Gasteiger charge is -2.28. The first-order valence-corrected chi connectivity index (χ1v) is 10.2. The highest BCUT2D eigenvalue weighted by molar-refractivity contribution is 8.00. The molecule has 1 saturated heterocycles. The summed E-state index contributed by atoms with van der Waals surface area (Å²) in [5.74, 6) is -0.677. The summed E-state index contributed by atoms with van der Waals surface area (Å²) in [6, 6.07) is 12.3. The largest absolute Gasteiger partial charge is 0.345 e. The Morgan fingerprint density at radius 2 is 1.86 bits per heavy atom. The fourth-order valence-electron chi connectivity index (χ4n) is 2.93. The van der Waals surface area contributed by atoms with Crippen LogP contribution >= 0.6 is 11.8 Å². The normalized spacial score (nSPS) is 18.7. The lowest BCUT2D eigenvalue weighted by Crippen LogP contribution is -2.52. The minimum Gasteiger partial charge on any atom is -0.345 e. The highest BCUT2D eigenvalue weighted by atomic mass is 32.2. The summed E-state index contributed by atoms with van der Waals surface area (Å²) in [6.45, 7) is 0. The van der Waals surface area contributed by atoms with Crippen molar-refractivity contribution in [2.24, 2.45) is 0 Å². The van der Waals surface area contributed by atoms with Gasteiger partial charge in [-0.05, 0) is 42.3 Å². The number of benzene rings is 2. The molecule has 1 aliphatic rings. The molecule has 0 radical (unpaired) electrons. The molecule has 1 heterocycles. The number of rotatable bonds is 5. The van der Waals surface area contributed by atoms with Crippen LogP contribution in [-0.2, 0) is 16.0 Å². The van der Waals surface area contributed by atoms with E-state index in [-0.39, 0.29) is 30.0 Å². The summed E-state index contributed by atoms with van der Waals surface area (Å²) >= 11 is 1.34. The molecule has 8 heteroatoms. The van der Waals surface area contributed by atoms with Crippen LogP contribution in [0.3, 0.4) is 0 Å². The van der Waals surface area contributed by atoms with Crippen molar-refractivity contribution >= 4 is 35.2 Å². The summed E-state index contributed by atoms with van der Waals surface area (Å²) in [5, 5.41) is 5.03. The van der Waals surface area contributed by atoms with E-state index in [4.69, 9.17) is 0 Å². The van der Waals surface area contributed by atoms with Gasteiger partial charge in [0.05, 0.1) is 5.25 Å². The van der Waals surface area contributed by atoms with Crippen molar-refractivity contribution in [1.82, 2.24) is 10.2 Å². The Morgan fingerprint density at radius 1 is 1.17 bits per heavy atom. The number of thioether (sulfide) groups is 1. The van der Waals surface area contributed by atoms with E-state index in [2.05, 4.69) is 10.6 Å². The van der Waals surface area contributed by atoms with Crippen LogP contribution in [0.2, 0.25) is 0 Å². The van der Waals surface area contributed by atoms with Gasteiger partial charge in [0, 0.05) is 31.1 Å². The quantitative estimate of drug-likeness (QED) is 0.786. The molecule has 6 nitrogen and oxygen atoms in total. The van der Waals surface area contributed by atoms with E-state index >= 15 is 0 Å². The third-order valence-electron chi connectivity index (χ3n) is 4.56. The van der Waals surface area contributed by atoms with Gasteiger partial charge in [-0.1, -0.05) is 18.2 Å². The van der Waals surface area contributed by atoms with E-state index in [1.807, 2.05) is 0 Å². The molecule has 1 aliphatic heterocycles. The summed E-state index contributed by atoms with van der Waals surface area (Å²) in [4.78, 5) is 38.3. The van der Waals surface area contributed by atoms with Gasteiger partial charge in [0.1, 0.15) is 11.9 Å². The van der Waals surface area contributed by atoms with Gasteiger partial charge in [0.25, 0.3) is 5.91 Å². The Hall–Kier alpha value is -2.87. The molecule has 152 valence electrons. The number of hydrogen-bond acceptors (Lipinski definition) is 4. The smallest absolute Gasteiger partial charge is 0.253 e. The van der Waals surface area contributed by atoms with Crippen LogP contribution in [0.25, 0.3) is 0 Å². The monoisotopic (exact) mass is 415 g/mol. The van der Waals surface area contributed by atoms with Gasteiger partial charge in [-0.25, -0.2) is 4.39 Å². The van der Waals surface area contributed by atoms with Crippen LogP contribution in [0.1, 0.15) is 15.9 Å². The number of amides is 3. The molecule has 0 aliphatic carbocycles. The van der Waals surface area contributed by atoms with E-state index in [0.717, 1.165) is 0 Å². The van der Waals surface area contributed by atoms with Crippen LogP contribution in [-0.4, -0.2) is 53.8 Å². The fraction of sp³-hybridized carbons (Fsp3) is 0.286. The second-order valence-electron chi connectivity index (χ2n) is 6.94. The molecule has 0 saturated carbocycles. The maximum atomic E-state index is 13.8. The molecule has 0 bridgehead atoms. The standard InChI is InChI=1S/C21H22FN3O3S/c1-25(2)21(28)13-7-9-15(10-8-13)23-19(26)17-12-29-18(20(27)24-17)11-14-5-3-4-6-16(14)22/h3-10,17-18H,11-12H2,1-2H3,(H,23,26)(H,24,27)/t17-,18+/m1/s1. The van der Waals surface area contributed by atoms with Crippen LogP contribution < -0.4 is 10.6 Å². The highest BCUT2D eigenvalue weighted by Gasteiger charge is 2.32. The summed E-state index contributed by atoms with van der Waals surface area (Å²) in [6.07, 6.45) is 0.277. The molecule has 1 fully saturated rings. The van der Waals surface area contributed by atoms with E-state index in [1.165, 1.54) is 22.7 Å². The Kier molecular flexibility index (Phi) is 6.53. The predicted molar refractivity (Wildman–Crippen MR) is 111 cm³/mol. The number of carbonyl (C=O) groups is 3. The highest BCUT2D eigenvalue weighted by Crippen LogP contribution is 2.24. The molecule has 0 spiro atoms. The maximum absolute atomic E-state index is 13.8. The van der Waals surface area contributed by atoms with Crippen LogP contribution in [0.5, 0.6) is 0 Å². The Labute approximate surface area is 172 Å². The zero-order chi connectivity index (χ0) is 21.0. The van der Waals surface area contributed by atoms with Crippen molar-refractivity contribution < 1.29 is 18.8 Å². The zero-order valence-electron chi connectivity index (χ0n) is 16.1. The minimum atomic E-state index is -0.674. The van der Waals surface area contributed by atoms with Crippen molar-refractivity contribution in [3.8, 4) is 0 Å². The number of hydrogen-bond donors (Lipinski definition) is 2. The van der Waals surface area contributed by atoms with E-state index in [0.29, 0.717) is 22.6 Å². The topological polar surface area (TPSA) is 78.5 Å². The number of halogens is 1. The van der Waals surface area contributed by atoms with Gasteiger partial charge in [0.2, 0.25) is 11.8 Å². The van der Waals surface area contributed by atoms with Crippen molar-refractivity contribution in [2.45, 2.75) is 17.7 Å². The van der Waals surface area contributed by atoms with Gasteiger partial charge in [-0.15, -0.1) is 11.8 Å². The zero-order valence-corrected chi connectivity index (χ0v) is 17.0. The summed E-state index contributed by atoms with van der Waals surface area (Å²) in [7, 11) is 3.34. The van der Waals surface area contributed by atoms with E-state index in [1.54, 1.807) is 56.6 Å². The molecule has 3 rings (SSSR count). The lowest BCUT2D eigenvalue weighted by molar-refractivity contribution is -0.126. The van der Waals surface area contributed by atoms with Crippen LogP contribution in [0.4, 0.5) is 10.1 Å². The first kappa shape index (κ1) is 20.9. The Balaban J connectivity index is 1.56. The average molecular weight is 415 g/mol.